The number of ketones is 3. The predicted molar refractivity (Wildman–Crippen MR) is 130 cm³/mol. The van der Waals surface area contributed by atoms with E-state index in [9.17, 15) is 39.9 Å². The molecule has 0 saturated carbocycles. The van der Waals surface area contributed by atoms with Crippen LogP contribution in [0.15, 0.2) is 18.2 Å². The summed E-state index contributed by atoms with van der Waals surface area (Å²) in [5, 5.41) is 53.4. The highest BCUT2D eigenvalue weighted by Crippen LogP contribution is 2.49. The number of phenols is 2. The normalized spacial score (nSPS) is 31.9. The molecular formula is C27H28O12. The summed E-state index contributed by atoms with van der Waals surface area (Å²) in [5.41, 5.74) is -4.01. The lowest BCUT2D eigenvalue weighted by atomic mass is 9.72. The fraction of sp³-hybridized carbons (Fsp3) is 0.444. The van der Waals surface area contributed by atoms with Crippen LogP contribution in [-0.4, -0.2) is 93.4 Å². The van der Waals surface area contributed by atoms with E-state index >= 15 is 0 Å². The largest absolute Gasteiger partial charge is 0.507 e. The highest BCUT2D eigenvalue weighted by molar-refractivity contribution is 6.31. The van der Waals surface area contributed by atoms with E-state index in [0.29, 0.717) is 0 Å². The van der Waals surface area contributed by atoms with Gasteiger partial charge in [-0.05, 0) is 26.0 Å². The van der Waals surface area contributed by atoms with Gasteiger partial charge in [0.25, 0.3) is 0 Å². The Kier molecular flexibility index (Phi) is 6.53. The quantitative estimate of drug-likeness (QED) is 0.311. The molecule has 7 unspecified atom stereocenters. The second-order valence-corrected chi connectivity index (χ2v) is 10.1. The number of rotatable bonds is 4. The van der Waals surface area contributed by atoms with E-state index in [0.717, 1.165) is 12.1 Å². The van der Waals surface area contributed by atoms with Gasteiger partial charge in [-0.15, -0.1) is 0 Å². The van der Waals surface area contributed by atoms with Gasteiger partial charge < -0.3 is 44.5 Å². The SMILES string of the molecule is COc1cc(O)c2c(c1)C(=O)c1cc3c(c(O)c1C2=O)C(OC1CC(O)C(O)C(C)O1)C(OC)C(C)(O)C3=O. The number of methoxy groups -OCH3 is 2. The number of hydrogen-bond acceptors (Lipinski definition) is 12. The molecule has 3 aliphatic rings. The van der Waals surface area contributed by atoms with E-state index < -0.39 is 76.8 Å². The summed E-state index contributed by atoms with van der Waals surface area (Å²) >= 11 is 0. The molecule has 7 atom stereocenters. The van der Waals surface area contributed by atoms with Gasteiger partial charge in [0, 0.05) is 41.9 Å². The van der Waals surface area contributed by atoms with E-state index in [2.05, 4.69) is 0 Å². The predicted octanol–water partition coefficient (Wildman–Crippen LogP) is 0.759. The van der Waals surface area contributed by atoms with Crippen LogP contribution >= 0.6 is 0 Å². The monoisotopic (exact) mass is 544 g/mol. The summed E-state index contributed by atoms with van der Waals surface area (Å²) in [6.45, 7) is 2.70. The molecule has 12 heteroatoms. The highest BCUT2D eigenvalue weighted by Gasteiger charge is 2.55. The van der Waals surface area contributed by atoms with E-state index in [-0.39, 0.29) is 40.0 Å². The van der Waals surface area contributed by atoms with E-state index in [1.807, 2.05) is 0 Å². The minimum Gasteiger partial charge on any atom is -0.507 e. The minimum absolute atomic E-state index is 0.113. The first-order valence-corrected chi connectivity index (χ1v) is 12.2. The zero-order valence-electron chi connectivity index (χ0n) is 21.5. The van der Waals surface area contributed by atoms with Crippen LogP contribution in [0.4, 0.5) is 0 Å². The molecule has 5 rings (SSSR count). The fourth-order valence-corrected chi connectivity index (χ4v) is 5.59. The molecule has 0 bridgehead atoms. The van der Waals surface area contributed by atoms with Gasteiger partial charge >= 0.3 is 0 Å². The second-order valence-electron chi connectivity index (χ2n) is 10.1. The third-order valence-electron chi connectivity index (χ3n) is 7.66. The fourth-order valence-electron chi connectivity index (χ4n) is 5.59. The first-order valence-electron chi connectivity index (χ1n) is 12.2. The van der Waals surface area contributed by atoms with Crippen LogP contribution in [0.2, 0.25) is 0 Å². The average Bonchev–Trinajstić information content (AvgIpc) is 2.88. The lowest BCUT2D eigenvalue weighted by Crippen LogP contribution is -2.56. The van der Waals surface area contributed by atoms with Crippen LogP contribution in [0.1, 0.15) is 74.1 Å². The van der Waals surface area contributed by atoms with Gasteiger partial charge in [-0.25, -0.2) is 0 Å². The van der Waals surface area contributed by atoms with Crippen molar-refractivity contribution >= 4 is 17.3 Å². The van der Waals surface area contributed by atoms with Crippen LogP contribution in [-0.2, 0) is 14.2 Å². The molecule has 1 heterocycles. The third kappa shape index (κ3) is 3.94. The Hall–Kier alpha value is -3.39. The molecule has 1 saturated heterocycles. The second kappa shape index (κ2) is 9.37. The first-order chi connectivity index (χ1) is 18.3. The van der Waals surface area contributed by atoms with Crippen LogP contribution in [0.5, 0.6) is 17.2 Å². The van der Waals surface area contributed by atoms with E-state index in [1.165, 1.54) is 34.1 Å². The zero-order valence-corrected chi connectivity index (χ0v) is 21.5. The number of aliphatic hydroxyl groups is 3. The van der Waals surface area contributed by atoms with Gasteiger partial charge in [0.2, 0.25) is 5.78 Å². The van der Waals surface area contributed by atoms with Crippen molar-refractivity contribution in [2.24, 2.45) is 0 Å². The van der Waals surface area contributed by atoms with Crippen molar-refractivity contribution in [2.45, 2.75) is 62.7 Å². The number of carbonyl (C=O) groups is 3. The smallest absolute Gasteiger partial charge is 0.201 e. The van der Waals surface area contributed by atoms with Gasteiger partial charge in [0.15, 0.2) is 23.5 Å². The van der Waals surface area contributed by atoms with Crippen LogP contribution < -0.4 is 4.74 Å². The number of aromatic hydroxyl groups is 2. The Balaban J connectivity index is 1.69. The average molecular weight is 545 g/mol. The molecule has 39 heavy (non-hydrogen) atoms. The third-order valence-corrected chi connectivity index (χ3v) is 7.66. The molecule has 0 radical (unpaired) electrons. The molecule has 2 aliphatic carbocycles. The Morgan fingerprint density at radius 3 is 2.26 bits per heavy atom. The number of benzene rings is 2. The molecule has 2 aromatic carbocycles. The molecule has 2 aromatic rings. The summed E-state index contributed by atoms with van der Waals surface area (Å²) in [5.74, 6) is -3.71. The standard InChI is InChI=1S/C27H28O12/c1-9-20(30)15(29)8-16(38-9)39-24-19-13(25(34)27(2,35)26(24)37-4)7-12-18(23(19)33)22(32)17-11(21(12)31)5-10(36-3)6-14(17)28/h5-7,9,15-16,20,24,26,28-30,33,35H,8H2,1-4H3. The molecular weight excluding hydrogens is 516 g/mol. The molecule has 5 N–H and O–H groups in total. The number of Topliss-reactive ketones (excluding diaryl/α,β-unsaturated/α-hetero) is 1. The van der Waals surface area contributed by atoms with Crippen molar-refractivity contribution in [3.63, 3.8) is 0 Å². The van der Waals surface area contributed by atoms with Crippen molar-refractivity contribution in [1.82, 2.24) is 0 Å². The molecule has 0 aromatic heterocycles. The van der Waals surface area contributed by atoms with E-state index in [4.69, 9.17) is 18.9 Å². The molecule has 0 amide bonds. The Morgan fingerprint density at radius 2 is 1.64 bits per heavy atom. The Bertz CT molecular complexity index is 1380. The number of carbonyl (C=O) groups excluding carboxylic acids is 3. The lowest BCUT2D eigenvalue weighted by Gasteiger charge is -2.44. The minimum atomic E-state index is -2.20. The summed E-state index contributed by atoms with van der Waals surface area (Å²) in [6, 6.07) is 3.52. The molecule has 0 spiro atoms. The van der Waals surface area contributed by atoms with Gasteiger partial charge in [-0.3, -0.25) is 14.4 Å². The van der Waals surface area contributed by atoms with Crippen LogP contribution in [0, 0.1) is 0 Å². The number of aliphatic hydroxyl groups excluding tert-OH is 2. The first kappa shape index (κ1) is 27.2. The molecule has 1 fully saturated rings. The number of ether oxygens (including phenoxy) is 4. The maximum Gasteiger partial charge on any atom is 0.201 e. The zero-order chi connectivity index (χ0) is 28.5. The summed E-state index contributed by atoms with van der Waals surface area (Å²) < 4.78 is 22.2. The van der Waals surface area contributed by atoms with Gasteiger partial charge in [-0.2, -0.15) is 0 Å². The number of fused-ring (bicyclic) bond motifs is 3. The lowest BCUT2D eigenvalue weighted by molar-refractivity contribution is -0.279. The number of hydrogen-bond donors (Lipinski definition) is 5. The van der Waals surface area contributed by atoms with Gasteiger partial charge in [0.1, 0.15) is 35.6 Å². The highest BCUT2D eigenvalue weighted by atomic mass is 16.7. The summed E-state index contributed by atoms with van der Waals surface area (Å²) in [6.07, 6.45) is -7.41. The van der Waals surface area contributed by atoms with Crippen LogP contribution in [0.25, 0.3) is 0 Å². The Morgan fingerprint density at radius 1 is 0.974 bits per heavy atom. The van der Waals surface area contributed by atoms with Crippen molar-refractivity contribution in [2.75, 3.05) is 14.2 Å². The van der Waals surface area contributed by atoms with Crippen molar-refractivity contribution in [1.29, 1.82) is 0 Å². The van der Waals surface area contributed by atoms with Gasteiger partial charge in [-0.1, -0.05) is 0 Å². The molecule has 1 aliphatic heterocycles. The molecule has 12 nitrogen and oxygen atoms in total. The van der Waals surface area contributed by atoms with Crippen molar-refractivity contribution in [3.05, 3.63) is 51.6 Å². The van der Waals surface area contributed by atoms with Crippen LogP contribution in [0.3, 0.4) is 0 Å². The topological polar surface area (TPSA) is 189 Å². The maximum absolute atomic E-state index is 13.6. The Labute approximate surface area is 222 Å². The summed E-state index contributed by atoms with van der Waals surface area (Å²) in [4.78, 5) is 40.5. The van der Waals surface area contributed by atoms with Gasteiger partial charge in [0.05, 0.1) is 30.4 Å². The number of phenolic OH excluding ortho intramolecular Hbond substituents is 2. The van der Waals surface area contributed by atoms with E-state index in [1.54, 1.807) is 0 Å². The molecule has 208 valence electrons. The van der Waals surface area contributed by atoms with Crippen molar-refractivity contribution < 1.29 is 58.9 Å². The maximum atomic E-state index is 13.6. The summed E-state index contributed by atoms with van der Waals surface area (Å²) in [7, 11) is 2.53. The van der Waals surface area contributed by atoms with Crippen molar-refractivity contribution in [3.8, 4) is 17.2 Å².